The van der Waals surface area contributed by atoms with Crippen LogP contribution in [0.15, 0.2) is 48.5 Å². The summed E-state index contributed by atoms with van der Waals surface area (Å²) >= 11 is 0. The fourth-order valence-corrected chi connectivity index (χ4v) is 4.09. The minimum atomic E-state index is -0.678. The molecule has 170 valence electrons. The number of rotatable bonds is 5. The summed E-state index contributed by atoms with van der Waals surface area (Å²) in [5.41, 5.74) is 9.16. The average molecular weight is 445 g/mol. The molecule has 7 nitrogen and oxygen atoms in total. The molecule has 0 radical (unpaired) electrons. The van der Waals surface area contributed by atoms with Crippen LogP contribution in [0.3, 0.4) is 0 Å². The van der Waals surface area contributed by atoms with Gasteiger partial charge in [0, 0.05) is 17.5 Å². The fraction of sp³-hybridized carbons (Fsp3) is 0.308. The number of carbonyl (C=O) groups excluding carboxylic acids is 2. The first-order chi connectivity index (χ1) is 15.5. The van der Waals surface area contributed by atoms with Gasteiger partial charge in [-0.2, -0.15) is 0 Å². The molecule has 2 heterocycles. The molecule has 1 aromatic heterocycles. The monoisotopic (exact) mass is 444 g/mol. The van der Waals surface area contributed by atoms with Crippen molar-refractivity contribution in [1.29, 1.82) is 5.41 Å². The van der Waals surface area contributed by atoms with Crippen molar-refractivity contribution in [2.24, 2.45) is 0 Å². The van der Waals surface area contributed by atoms with Gasteiger partial charge in [-0.1, -0.05) is 31.2 Å². The number of benzene rings is 2. The number of nitrogens with zero attached hydrogens (tertiary/aromatic N) is 2. The molecule has 2 aromatic carbocycles. The first-order valence-electron chi connectivity index (χ1n) is 11.0. The van der Waals surface area contributed by atoms with E-state index in [0.717, 1.165) is 22.2 Å². The zero-order chi connectivity index (χ0) is 23.9. The summed E-state index contributed by atoms with van der Waals surface area (Å²) in [6, 6.07) is 15.1. The lowest BCUT2D eigenvalue weighted by atomic mass is 9.93. The number of aromatic nitrogens is 1. The predicted octanol–water partition coefficient (Wildman–Crippen LogP) is 4.89. The third kappa shape index (κ3) is 4.44. The molecule has 1 aliphatic rings. The molecule has 33 heavy (non-hydrogen) atoms. The van der Waals surface area contributed by atoms with Crippen LogP contribution in [0, 0.1) is 5.41 Å². The molecule has 0 fully saturated rings. The predicted molar refractivity (Wildman–Crippen MR) is 130 cm³/mol. The van der Waals surface area contributed by atoms with Crippen LogP contribution < -0.4 is 10.6 Å². The number of para-hydroxylation sites is 1. The number of pyridine rings is 1. The molecule has 1 atom stereocenters. The van der Waals surface area contributed by atoms with E-state index in [9.17, 15) is 9.59 Å². The number of nitrogen functional groups attached to an aromatic ring is 1. The van der Waals surface area contributed by atoms with E-state index in [-0.39, 0.29) is 24.0 Å². The Hall–Kier alpha value is -3.74. The number of fused-ring (bicyclic) bond motifs is 2. The maximum absolute atomic E-state index is 13.0. The lowest BCUT2D eigenvalue weighted by Crippen LogP contribution is -2.29. The van der Waals surface area contributed by atoms with Gasteiger partial charge in [0.1, 0.15) is 17.1 Å². The van der Waals surface area contributed by atoms with Gasteiger partial charge >= 0.3 is 5.97 Å². The molecule has 0 bridgehead atoms. The van der Waals surface area contributed by atoms with Crippen LogP contribution >= 0.6 is 0 Å². The SMILES string of the molecule is CC(CC(=N)C(=O)OC(C)(C)C)c1cc2c(N)cccc2nc1N1C(=O)Cc2ccccc21. The largest absolute Gasteiger partial charge is 0.456 e. The number of anilines is 3. The molecular weight excluding hydrogens is 416 g/mol. The highest BCUT2D eigenvalue weighted by molar-refractivity contribution is 6.35. The molecule has 0 saturated carbocycles. The summed E-state index contributed by atoms with van der Waals surface area (Å²) in [5.74, 6) is -0.487. The van der Waals surface area contributed by atoms with Gasteiger partial charge in [-0.3, -0.25) is 15.1 Å². The first kappa shape index (κ1) is 22.5. The molecule has 1 aliphatic heterocycles. The highest BCUT2D eigenvalue weighted by Crippen LogP contribution is 2.40. The smallest absolute Gasteiger partial charge is 0.352 e. The third-order valence-electron chi connectivity index (χ3n) is 5.62. The zero-order valence-corrected chi connectivity index (χ0v) is 19.3. The quantitative estimate of drug-likeness (QED) is 0.331. The Morgan fingerprint density at radius 3 is 2.67 bits per heavy atom. The van der Waals surface area contributed by atoms with Crippen LogP contribution in [0.1, 0.15) is 51.2 Å². The van der Waals surface area contributed by atoms with E-state index in [1.165, 1.54) is 0 Å². The van der Waals surface area contributed by atoms with E-state index < -0.39 is 11.6 Å². The van der Waals surface area contributed by atoms with E-state index in [0.29, 0.717) is 23.4 Å². The van der Waals surface area contributed by atoms with Crippen molar-refractivity contribution in [1.82, 2.24) is 4.98 Å². The van der Waals surface area contributed by atoms with Crippen molar-refractivity contribution < 1.29 is 14.3 Å². The highest BCUT2D eigenvalue weighted by Gasteiger charge is 2.33. The summed E-state index contributed by atoms with van der Waals surface area (Å²) in [6.07, 6.45) is 0.444. The van der Waals surface area contributed by atoms with Gasteiger partial charge in [0.15, 0.2) is 0 Å². The molecular formula is C26H28N4O3. The van der Waals surface area contributed by atoms with Crippen LogP contribution in [-0.2, 0) is 20.7 Å². The van der Waals surface area contributed by atoms with Crippen molar-refractivity contribution in [3.63, 3.8) is 0 Å². The number of hydrogen-bond donors (Lipinski definition) is 2. The van der Waals surface area contributed by atoms with Crippen molar-refractivity contribution in [2.75, 3.05) is 10.6 Å². The standard InChI is InChI=1S/C26H28N4O3/c1-15(12-20(28)25(32)33-26(2,3)4)17-14-18-19(27)9-7-10-21(18)29-24(17)30-22-11-6-5-8-16(22)13-23(30)31/h5-11,14-15,28H,12-13,27H2,1-4H3. The van der Waals surface area contributed by atoms with Gasteiger partial charge < -0.3 is 10.5 Å². The Morgan fingerprint density at radius 1 is 1.21 bits per heavy atom. The van der Waals surface area contributed by atoms with Crippen molar-refractivity contribution >= 4 is 45.7 Å². The summed E-state index contributed by atoms with van der Waals surface area (Å²) in [4.78, 5) is 31.9. The molecule has 1 amide bonds. The Bertz CT molecular complexity index is 1280. The van der Waals surface area contributed by atoms with Gasteiger partial charge in [-0.05, 0) is 62.1 Å². The van der Waals surface area contributed by atoms with Gasteiger partial charge in [0.05, 0.1) is 17.6 Å². The fourth-order valence-electron chi connectivity index (χ4n) is 4.09. The van der Waals surface area contributed by atoms with Crippen molar-refractivity contribution in [2.45, 2.75) is 52.1 Å². The van der Waals surface area contributed by atoms with E-state index >= 15 is 0 Å². The van der Waals surface area contributed by atoms with Gasteiger partial charge in [0.25, 0.3) is 0 Å². The number of carbonyl (C=O) groups is 2. The Kier molecular flexibility index (Phi) is 5.66. The molecule has 1 unspecified atom stereocenters. The summed E-state index contributed by atoms with van der Waals surface area (Å²) in [7, 11) is 0. The second-order valence-electron chi connectivity index (χ2n) is 9.44. The van der Waals surface area contributed by atoms with Crippen LogP contribution in [0.4, 0.5) is 17.2 Å². The van der Waals surface area contributed by atoms with Crippen LogP contribution in [-0.4, -0.2) is 28.2 Å². The Labute approximate surface area is 193 Å². The topological polar surface area (TPSA) is 109 Å². The van der Waals surface area contributed by atoms with Gasteiger partial charge in [0.2, 0.25) is 5.91 Å². The number of esters is 1. The summed E-state index contributed by atoms with van der Waals surface area (Å²) in [6.45, 7) is 7.22. The summed E-state index contributed by atoms with van der Waals surface area (Å²) in [5, 5.41) is 9.07. The zero-order valence-electron chi connectivity index (χ0n) is 19.3. The van der Waals surface area contributed by atoms with E-state index in [2.05, 4.69) is 0 Å². The molecule has 0 aliphatic carbocycles. The number of ether oxygens (including phenoxy) is 1. The minimum Gasteiger partial charge on any atom is -0.456 e. The second-order valence-corrected chi connectivity index (χ2v) is 9.44. The maximum atomic E-state index is 13.0. The molecule has 7 heteroatoms. The third-order valence-corrected chi connectivity index (χ3v) is 5.62. The van der Waals surface area contributed by atoms with E-state index in [4.69, 9.17) is 20.9 Å². The summed E-state index contributed by atoms with van der Waals surface area (Å²) < 4.78 is 5.36. The lowest BCUT2D eigenvalue weighted by Gasteiger charge is -2.25. The Balaban J connectivity index is 1.78. The van der Waals surface area contributed by atoms with Crippen LogP contribution in [0.25, 0.3) is 10.9 Å². The molecule has 0 saturated heterocycles. The van der Waals surface area contributed by atoms with Crippen LogP contribution in [0.5, 0.6) is 0 Å². The normalized spacial score (nSPS) is 14.3. The van der Waals surface area contributed by atoms with E-state index in [1.54, 1.807) is 31.7 Å². The molecule has 4 rings (SSSR count). The lowest BCUT2D eigenvalue weighted by molar-refractivity contribution is -0.146. The average Bonchev–Trinajstić information content (AvgIpc) is 3.07. The van der Waals surface area contributed by atoms with Gasteiger partial charge in [-0.15, -0.1) is 0 Å². The Morgan fingerprint density at radius 2 is 1.94 bits per heavy atom. The minimum absolute atomic E-state index is 0.0670. The molecule has 3 aromatic rings. The number of amides is 1. The van der Waals surface area contributed by atoms with Crippen molar-refractivity contribution in [3.8, 4) is 0 Å². The second kappa shape index (κ2) is 8.31. The first-order valence-corrected chi connectivity index (χ1v) is 11.0. The number of nitrogens with one attached hydrogen (secondary N) is 1. The molecule has 0 spiro atoms. The number of hydrogen-bond acceptors (Lipinski definition) is 6. The van der Waals surface area contributed by atoms with E-state index in [1.807, 2.05) is 49.4 Å². The molecule has 3 N–H and O–H groups in total. The van der Waals surface area contributed by atoms with Crippen LogP contribution in [0.2, 0.25) is 0 Å². The van der Waals surface area contributed by atoms with Gasteiger partial charge in [-0.25, -0.2) is 9.78 Å². The number of nitrogens with two attached hydrogens (primary N) is 1. The highest BCUT2D eigenvalue weighted by atomic mass is 16.6. The van der Waals surface area contributed by atoms with Crippen molar-refractivity contribution in [3.05, 3.63) is 59.7 Å². The maximum Gasteiger partial charge on any atom is 0.352 e.